The van der Waals surface area contributed by atoms with Crippen LogP contribution in [0.2, 0.25) is 0 Å². The third-order valence-corrected chi connectivity index (χ3v) is 5.66. The lowest BCUT2D eigenvalue weighted by atomic mass is 9.92. The second-order valence-corrected chi connectivity index (χ2v) is 7.84. The van der Waals surface area contributed by atoms with E-state index in [-0.39, 0.29) is 18.2 Å². The highest BCUT2D eigenvalue weighted by atomic mass is 16.3. The molecule has 2 unspecified atom stereocenters. The zero-order valence-electron chi connectivity index (χ0n) is 16.2. The van der Waals surface area contributed by atoms with Gasteiger partial charge in [0.2, 0.25) is 0 Å². The van der Waals surface area contributed by atoms with Crippen LogP contribution >= 0.6 is 0 Å². The highest BCUT2D eigenvalue weighted by Crippen LogP contribution is 2.27. The molecule has 1 aliphatic heterocycles. The molecule has 1 heterocycles. The summed E-state index contributed by atoms with van der Waals surface area (Å²) in [6.45, 7) is 8.43. The molecule has 0 aromatic heterocycles. The fourth-order valence-corrected chi connectivity index (χ4v) is 4.01. The van der Waals surface area contributed by atoms with Crippen molar-refractivity contribution in [3.05, 3.63) is 71.8 Å². The third-order valence-electron chi connectivity index (χ3n) is 5.66. The molecule has 2 aromatic carbocycles. The highest BCUT2D eigenvalue weighted by molar-refractivity contribution is 5.20. The number of benzene rings is 2. The number of likely N-dealkylation sites (tertiary alicyclic amines) is 1. The van der Waals surface area contributed by atoms with Gasteiger partial charge in [0.25, 0.3) is 0 Å². The Kier molecular flexibility index (Phi) is 6.47. The van der Waals surface area contributed by atoms with Crippen LogP contribution in [0.4, 0.5) is 0 Å². The van der Waals surface area contributed by atoms with Crippen LogP contribution in [-0.2, 0) is 0 Å². The van der Waals surface area contributed by atoms with Gasteiger partial charge in [-0.3, -0.25) is 4.90 Å². The molecule has 0 saturated carbocycles. The molecule has 3 nitrogen and oxygen atoms in total. The van der Waals surface area contributed by atoms with Crippen molar-refractivity contribution in [3.8, 4) is 0 Å². The minimum Gasteiger partial charge on any atom is -0.390 e. The van der Waals surface area contributed by atoms with Crippen molar-refractivity contribution in [1.29, 1.82) is 0 Å². The van der Waals surface area contributed by atoms with Gasteiger partial charge in [0.15, 0.2) is 0 Å². The molecular weight excluding hydrogens is 320 g/mol. The molecular formula is C23H32N2O. The molecule has 3 heteroatoms. The van der Waals surface area contributed by atoms with E-state index >= 15 is 0 Å². The number of piperidine rings is 1. The number of β-amino-alcohol motifs (C(OH)–C–C–N with tert-alkyl or cyclic N) is 1. The first-order chi connectivity index (χ1) is 12.6. The number of nitrogens with one attached hydrogen (secondary N) is 1. The van der Waals surface area contributed by atoms with Crippen molar-refractivity contribution >= 4 is 0 Å². The van der Waals surface area contributed by atoms with Gasteiger partial charge in [-0.05, 0) is 30.4 Å². The van der Waals surface area contributed by atoms with Crippen LogP contribution in [-0.4, -0.2) is 35.2 Å². The Balaban J connectivity index is 1.63. The molecule has 0 bridgehead atoms. The lowest BCUT2D eigenvalue weighted by molar-refractivity contribution is 0.0178. The van der Waals surface area contributed by atoms with Crippen LogP contribution in [0.3, 0.4) is 0 Å². The maximum Gasteiger partial charge on any atom is 0.0820 e. The SMILES string of the molecule is CC(C)C(N[C@@H]1CCN(C(C)c2ccccc2)C[C@H]1O)c1ccccc1. The Morgan fingerprint density at radius 1 is 0.923 bits per heavy atom. The van der Waals surface area contributed by atoms with Crippen molar-refractivity contribution < 1.29 is 5.11 Å². The van der Waals surface area contributed by atoms with Gasteiger partial charge < -0.3 is 10.4 Å². The van der Waals surface area contributed by atoms with E-state index in [1.54, 1.807) is 0 Å². The predicted octanol–water partition coefficient (Wildman–Crippen LogP) is 4.17. The van der Waals surface area contributed by atoms with Crippen LogP contribution in [0, 0.1) is 5.92 Å². The standard InChI is InChI=1S/C23H32N2O/c1-17(2)23(20-12-8-5-9-13-20)24-21-14-15-25(16-22(21)26)18(3)19-10-6-4-7-11-19/h4-13,17-18,21-24,26H,14-16H2,1-3H3/t18?,21-,22-,23?/m1/s1. The topological polar surface area (TPSA) is 35.5 Å². The smallest absolute Gasteiger partial charge is 0.0820 e. The molecule has 0 aliphatic carbocycles. The van der Waals surface area contributed by atoms with E-state index in [4.69, 9.17) is 0 Å². The maximum absolute atomic E-state index is 10.8. The lowest BCUT2D eigenvalue weighted by Crippen LogP contribution is -2.54. The first-order valence-corrected chi connectivity index (χ1v) is 9.84. The van der Waals surface area contributed by atoms with E-state index < -0.39 is 0 Å². The van der Waals surface area contributed by atoms with E-state index in [1.165, 1.54) is 11.1 Å². The Labute approximate surface area is 158 Å². The molecule has 1 fully saturated rings. The van der Waals surface area contributed by atoms with Gasteiger partial charge in [-0.1, -0.05) is 74.5 Å². The zero-order chi connectivity index (χ0) is 18.5. The van der Waals surface area contributed by atoms with Gasteiger partial charge in [-0.2, -0.15) is 0 Å². The van der Waals surface area contributed by atoms with Gasteiger partial charge in [-0.15, -0.1) is 0 Å². The number of rotatable bonds is 6. The van der Waals surface area contributed by atoms with E-state index in [1.807, 2.05) is 0 Å². The average molecular weight is 353 g/mol. The van der Waals surface area contributed by atoms with E-state index in [0.29, 0.717) is 18.5 Å². The second kappa shape index (κ2) is 8.81. The minimum absolute atomic E-state index is 0.141. The molecule has 26 heavy (non-hydrogen) atoms. The Morgan fingerprint density at radius 3 is 2.04 bits per heavy atom. The monoisotopic (exact) mass is 352 g/mol. The van der Waals surface area contributed by atoms with Crippen molar-refractivity contribution in [1.82, 2.24) is 10.2 Å². The van der Waals surface area contributed by atoms with Crippen LogP contribution < -0.4 is 5.32 Å². The fraction of sp³-hybridized carbons (Fsp3) is 0.478. The summed E-state index contributed by atoms with van der Waals surface area (Å²) in [4.78, 5) is 2.39. The summed E-state index contributed by atoms with van der Waals surface area (Å²) in [5.41, 5.74) is 2.62. The molecule has 1 aliphatic rings. The van der Waals surface area contributed by atoms with Crippen molar-refractivity contribution in [2.75, 3.05) is 13.1 Å². The number of hydrogen-bond donors (Lipinski definition) is 2. The molecule has 1 saturated heterocycles. The van der Waals surface area contributed by atoms with Gasteiger partial charge in [0.05, 0.1) is 6.10 Å². The van der Waals surface area contributed by atoms with Crippen LogP contribution in [0.25, 0.3) is 0 Å². The number of hydrogen-bond acceptors (Lipinski definition) is 3. The summed E-state index contributed by atoms with van der Waals surface area (Å²) in [6.07, 6.45) is 0.619. The van der Waals surface area contributed by atoms with Crippen molar-refractivity contribution in [2.24, 2.45) is 5.92 Å². The highest BCUT2D eigenvalue weighted by Gasteiger charge is 2.32. The molecule has 0 radical (unpaired) electrons. The maximum atomic E-state index is 10.8. The van der Waals surface area contributed by atoms with Crippen LogP contribution in [0.15, 0.2) is 60.7 Å². The third kappa shape index (κ3) is 4.53. The van der Waals surface area contributed by atoms with Crippen LogP contribution in [0.5, 0.6) is 0 Å². The number of nitrogens with zero attached hydrogens (tertiary/aromatic N) is 1. The Hall–Kier alpha value is -1.68. The van der Waals surface area contributed by atoms with Gasteiger partial charge in [0, 0.05) is 31.2 Å². The summed E-state index contributed by atoms with van der Waals surface area (Å²) in [6, 6.07) is 21.9. The largest absolute Gasteiger partial charge is 0.390 e. The van der Waals surface area contributed by atoms with Gasteiger partial charge in [0.1, 0.15) is 0 Å². The molecule has 3 rings (SSSR count). The number of aliphatic hydroxyl groups is 1. The lowest BCUT2D eigenvalue weighted by Gasteiger charge is -2.41. The molecule has 0 amide bonds. The first kappa shape index (κ1) is 19.1. The van der Waals surface area contributed by atoms with E-state index in [0.717, 1.165) is 13.0 Å². The summed E-state index contributed by atoms with van der Waals surface area (Å²) >= 11 is 0. The Bertz CT molecular complexity index is 658. The first-order valence-electron chi connectivity index (χ1n) is 9.84. The van der Waals surface area contributed by atoms with E-state index in [9.17, 15) is 5.11 Å². The summed E-state index contributed by atoms with van der Waals surface area (Å²) < 4.78 is 0. The molecule has 2 aromatic rings. The van der Waals surface area contributed by atoms with Crippen molar-refractivity contribution in [2.45, 2.75) is 51.4 Å². The summed E-state index contributed by atoms with van der Waals surface area (Å²) in [5, 5.41) is 14.6. The van der Waals surface area contributed by atoms with E-state index in [2.05, 4.69) is 91.7 Å². The van der Waals surface area contributed by atoms with Crippen LogP contribution in [0.1, 0.15) is 50.4 Å². The summed E-state index contributed by atoms with van der Waals surface area (Å²) in [5.74, 6) is 0.478. The van der Waals surface area contributed by atoms with Crippen molar-refractivity contribution in [3.63, 3.8) is 0 Å². The van der Waals surface area contributed by atoms with Gasteiger partial charge in [-0.25, -0.2) is 0 Å². The fourth-order valence-electron chi connectivity index (χ4n) is 4.01. The Morgan fingerprint density at radius 2 is 1.50 bits per heavy atom. The zero-order valence-corrected chi connectivity index (χ0v) is 16.2. The molecule has 2 N–H and O–H groups in total. The molecule has 140 valence electrons. The average Bonchev–Trinajstić information content (AvgIpc) is 2.67. The number of aliphatic hydroxyl groups excluding tert-OH is 1. The second-order valence-electron chi connectivity index (χ2n) is 7.84. The van der Waals surface area contributed by atoms with Gasteiger partial charge >= 0.3 is 0 Å². The predicted molar refractivity (Wildman–Crippen MR) is 108 cm³/mol. The summed E-state index contributed by atoms with van der Waals surface area (Å²) in [7, 11) is 0. The molecule has 0 spiro atoms. The minimum atomic E-state index is -0.347. The molecule has 4 atom stereocenters. The normalized spacial score (nSPS) is 23.7. The quantitative estimate of drug-likeness (QED) is 0.819.